The Bertz CT molecular complexity index is 571. The molecular formula is C20H30N2O3. The molecule has 1 amide bonds. The Kier molecular flexibility index (Phi) is 7.47. The van der Waals surface area contributed by atoms with Gasteiger partial charge in [0.25, 0.3) is 0 Å². The number of hydrogen-bond acceptors (Lipinski definition) is 4. The van der Waals surface area contributed by atoms with Crippen molar-refractivity contribution in [1.82, 2.24) is 4.90 Å². The highest BCUT2D eigenvalue weighted by atomic mass is 16.5. The molecule has 1 aliphatic rings. The van der Waals surface area contributed by atoms with Gasteiger partial charge in [0, 0.05) is 18.3 Å². The van der Waals surface area contributed by atoms with Gasteiger partial charge in [0.2, 0.25) is 5.91 Å². The number of nitrogens with zero attached hydrogens (tertiary/aromatic N) is 1. The molecule has 0 saturated heterocycles. The second-order valence-corrected chi connectivity index (χ2v) is 7.23. The Morgan fingerprint density at radius 1 is 1.32 bits per heavy atom. The fourth-order valence-corrected chi connectivity index (χ4v) is 2.94. The van der Waals surface area contributed by atoms with Crippen LogP contribution in [0.2, 0.25) is 0 Å². The van der Waals surface area contributed by atoms with Crippen molar-refractivity contribution in [2.75, 3.05) is 32.6 Å². The molecule has 1 aromatic rings. The molecule has 1 unspecified atom stereocenters. The molecule has 0 spiro atoms. The van der Waals surface area contributed by atoms with E-state index in [1.807, 2.05) is 31.1 Å². The molecule has 0 aliphatic heterocycles. The van der Waals surface area contributed by atoms with Gasteiger partial charge in [0.05, 0.1) is 0 Å². The lowest BCUT2D eigenvalue weighted by Gasteiger charge is -2.19. The van der Waals surface area contributed by atoms with Crippen molar-refractivity contribution in [2.45, 2.75) is 38.7 Å². The number of anilines is 1. The van der Waals surface area contributed by atoms with Crippen molar-refractivity contribution < 1.29 is 14.6 Å². The zero-order valence-corrected chi connectivity index (χ0v) is 15.5. The molecule has 5 nitrogen and oxygen atoms in total. The van der Waals surface area contributed by atoms with Crippen LogP contribution in [-0.2, 0) is 4.79 Å². The van der Waals surface area contributed by atoms with Crippen LogP contribution in [0, 0.1) is 5.92 Å². The first-order valence-corrected chi connectivity index (χ1v) is 8.98. The number of allylic oxidation sites excluding steroid dienone is 1. The number of benzene rings is 1. The van der Waals surface area contributed by atoms with Crippen molar-refractivity contribution in [1.29, 1.82) is 0 Å². The van der Waals surface area contributed by atoms with Crippen LogP contribution in [0.1, 0.15) is 32.6 Å². The van der Waals surface area contributed by atoms with Crippen LogP contribution in [0.15, 0.2) is 35.9 Å². The monoisotopic (exact) mass is 346 g/mol. The maximum absolute atomic E-state index is 12.1. The first-order chi connectivity index (χ1) is 11.9. The third kappa shape index (κ3) is 7.28. The van der Waals surface area contributed by atoms with Crippen LogP contribution in [0.5, 0.6) is 5.75 Å². The van der Waals surface area contributed by atoms with Gasteiger partial charge in [-0.25, -0.2) is 0 Å². The zero-order chi connectivity index (χ0) is 18.2. The Hall–Kier alpha value is -1.85. The van der Waals surface area contributed by atoms with E-state index < -0.39 is 6.10 Å². The zero-order valence-electron chi connectivity index (χ0n) is 15.5. The van der Waals surface area contributed by atoms with E-state index in [1.165, 1.54) is 18.4 Å². The highest BCUT2D eigenvalue weighted by Crippen LogP contribution is 2.27. The number of likely N-dealkylation sites (N-methyl/N-ethyl adjacent to an activating group) is 1. The maximum atomic E-state index is 12.1. The van der Waals surface area contributed by atoms with Gasteiger partial charge in [-0.05, 0) is 70.0 Å². The summed E-state index contributed by atoms with van der Waals surface area (Å²) in [5.41, 5.74) is 1.98. The average molecular weight is 346 g/mol. The van der Waals surface area contributed by atoms with E-state index in [4.69, 9.17) is 4.74 Å². The van der Waals surface area contributed by atoms with Crippen molar-refractivity contribution in [3.8, 4) is 5.75 Å². The van der Waals surface area contributed by atoms with Crippen LogP contribution in [0.25, 0.3) is 0 Å². The van der Waals surface area contributed by atoms with Crippen LogP contribution < -0.4 is 10.1 Å². The number of amides is 1. The van der Waals surface area contributed by atoms with Crippen LogP contribution in [0.4, 0.5) is 5.69 Å². The van der Waals surface area contributed by atoms with Crippen LogP contribution in [0.3, 0.4) is 0 Å². The first kappa shape index (κ1) is 19.5. The number of aliphatic hydroxyl groups is 1. The third-order valence-corrected chi connectivity index (χ3v) is 4.39. The topological polar surface area (TPSA) is 61.8 Å². The number of rotatable bonds is 7. The highest BCUT2D eigenvalue weighted by molar-refractivity contribution is 5.99. The molecular weight excluding hydrogens is 316 g/mol. The van der Waals surface area contributed by atoms with Gasteiger partial charge in [-0.2, -0.15) is 0 Å². The summed E-state index contributed by atoms with van der Waals surface area (Å²) in [5.74, 6) is 1.37. The number of ether oxygens (including phenoxy) is 1. The van der Waals surface area contributed by atoms with Gasteiger partial charge in [-0.3, -0.25) is 4.79 Å². The van der Waals surface area contributed by atoms with E-state index >= 15 is 0 Å². The number of nitrogens with one attached hydrogen (secondary N) is 1. The van der Waals surface area contributed by atoms with E-state index in [0.717, 1.165) is 24.4 Å². The fourth-order valence-electron chi connectivity index (χ4n) is 2.94. The molecule has 0 aromatic heterocycles. The Morgan fingerprint density at radius 3 is 2.56 bits per heavy atom. The smallest absolute Gasteiger partial charge is 0.248 e. The molecule has 1 aliphatic carbocycles. The van der Waals surface area contributed by atoms with Gasteiger partial charge in [-0.15, -0.1) is 0 Å². The van der Waals surface area contributed by atoms with E-state index in [9.17, 15) is 9.90 Å². The van der Waals surface area contributed by atoms with Crippen molar-refractivity contribution in [3.63, 3.8) is 0 Å². The van der Waals surface area contributed by atoms with Crippen LogP contribution in [-0.4, -0.2) is 49.3 Å². The van der Waals surface area contributed by atoms with Gasteiger partial charge in [0.1, 0.15) is 18.5 Å². The van der Waals surface area contributed by atoms with E-state index in [2.05, 4.69) is 12.2 Å². The molecule has 2 rings (SSSR count). The predicted octanol–water partition coefficient (Wildman–Crippen LogP) is 3.06. The van der Waals surface area contributed by atoms with Gasteiger partial charge < -0.3 is 20.1 Å². The normalized spacial score (nSPS) is 18.8. The van der Waals surface area contributed by atoms with Gasteiger partial charge in [0.15, 0.2) is 0 Å². The molecule has 2 N–H and O–H groups in total. The van der Waals surface area contributed by atoms with Gasteiger partial charge in [-0.1, -0.05) is 12.5 Å². The Balaban J connectivity index is 1.79. The predicted molar refractivity (Wildman–Crippen MR) is 101 cm³/mol. The largest absolute Gasteiger partial charge is 0.491 e. The lowest BCUT2D eigenvalue weighted by Crippen LogP contribution is -2.30. The lowest BCUT2D eigenvalue weighted by atomic mass is 9.87. The summed E-state index contributed by atoms with van der Waals surface area (Å²) in [6.07, 6.45) is 5.61. The minimum absolute atomic E-state index is 0.0698. The number of carbonyl (C=O) groups excluding carboxylic acids is 1. The average Bonchev–Trinajstić information content (AvgIpc) is 2.56. The summed E-state index contributed by atoms with van der Waals surface area (Å²) in [6.45, 7) is 3.07. The molecule has 1 fully saturated rings. The van der Waals surface area contributed by atoms with Crippen molar-refractivity contribution in [2.24, 2.45) is 5.92 Å². The summed E-state index contributed by atoms with van der Waals surface area (Å²) in [7, 11) is 3.81. The molecule has 138 valence electrons. The molecule has 5 heteroatoms. The van der Waals surface area contributed by atoms with Crippen molar-refractivity contribution >= 4 is 11.6 Å². The van der Waals surface area contributed by atoms with E-state index in [-0.39, 0.29) is 12.5 Å². The highest BCUT2D eigenvalue weighted by Gasteiger charge is 2.13. The molecule has 1 atom stereocenters. The van der Waals surface area contributed by atoms with Gasteiger partial charge >= 0.3 is 0 Å². The standard InChI is InChI=1S/C20H30N2O3/c1-15-4-6-16(7-5-15)12-20(24)21-17-8-10-19(11-9-17)25-14-18(23)13-22(2)3/h8-12,15,18,23H,4-7,13-14H2,1-3H3,(H,21,24). The fraction of sp³-hybridized carbons (Fsp3) is 0.550. The van der Waals surface area contributed by atoms with Crippen LogP contribution >= 0.6 is 0 Å². The molecule has 0 bridgehead atoms. The summed E-state index contributed by atoms with van der Waals surface area (Å²) in [6, 6.07) is 7.22. The summed E-state index contributed by atoms with van der Waals surface area (Å²) >= 11 is 0. The number of carbonyl (C=O) groups is 1. The van der Waals surface area contributed by atoms with E-state index in [0.29, 0.717) is 12.3 Å². The first-order valence-electron chi connectivity index (χ1n) is 8.98. The Labute approximate surface area is 150 Å². The number of hydrogen-bond donors (Lipinski definition) is 2. The molecule has 0 heterocycles. The minimum atomic E-state index is -0.529. The summed E-state index contributed by atoms with van der Waals surface area (Å²) in [5, 5.41) is 12.7. The minimum Gasteiger partial charge on any atom is -0.491 e. The lowest BCUT2D eigenvalue weighted by molar-refractivity contribution is -0.112. The quantitative estimate of drug-likeness (QED) is 0.745. The third-order valence-electron chi connectivity index (χ3n) is 4.39. The second-order valence-electron chi connectivity index (χ2n) is 7.23. The molecule has 0 radical (unpaired) electrons. The molecule has 1 saturated carbocycles. The van der Waals surface area contributed by atoms with Crippen molar-refractivity contribution in [3.05, 3.63) is 35.9 Å². The second kappa shape index (κ2) is 9.59. The number of aliphatic hydroxyl groups excluding tert-OH is 1. The SMILES string of the molecule is CC1CCC(=CC(=O)Nc2ccc(OCC(O)CN(C)C)cc2)CC1. The molecule has 25 heavy (non-hydrogen) atoms. The Morgan fingerprint density at radius 2 is 1.96 bits per heavy atom. The maximum Gasteiger partial charge on any atom is 0.248 e. The summed E-state index contributed by atoms with van der Waals surface area (Å²) < 4.78 is 5.56. The van der Waals surface area contributed by atoms with E-state index in [1.54, 1.807) is 18.2 Å². The molecule has 1 aromatic carbocycles. The summed E-state index contributed by atoms with van der Waals surface area (Å²) in [4.78, 5) is 14.0.